The minimum atomic E-state index is -0.637. The molecule has 33 heavy (non-hydrogen) atoms. The molecule has 1 atom stereocenters. The minimum Gasteiger partial charge on any atom is -0.412 e. The Bertz CT molecular complexity index is 1500. The third-order valence-electron chi connectivity index (χ3n) is 5.77. The van der Waals surface area contributed by atoms with Crippen LogP contribution in [0.1, 0.15) is 39.5 Å². The fourth-order valence-corrected chi connectivity index (χ4v) is 4.18. The second kappa shape index (κ2) is 7.33. The van der Waals surface area contributed by atoms with E-state index >= 15 is 0 Å². The third-order valence-corrected chi connectivity index (χ3v) is 5.77. The predicted octanol–water partition coefficient (Wildman–Crippen LogP) is 2.74. The van der Waals surface area contributed by atoms with Crippen LogP contribution in [0.3, 0.4) is 0 Å². The number of aryl methyl sites for hydroxylation is 1. The van der Waals surface area contributed by atoms with E-state index in [0.29, 0.717) is 41.1 Å². The first-order valence-electron chi connectivity index (χ1n) is 10.3. The lowest BCUT2D eigenvalue weighted by atomic mass is 9.99. The number of nitrogens with zero attached hydrogens (tertiary/aromatic N) is 7. The summed E-state index contributed by atoms with van der Waals surface area (Å²) in [5.74, 6) is -0.880. The molecular weight excluding hydrogens is 427 g/mol. The van der Waals surface area contributed by atoms with Crippen molar-refractivity contribution in [2.24, 2.45) is 0 Å². The van der Waals surface area contributed by atoms with E-state index in [2.05, 4.69) is 30.2 Å². The Morgan fingerprint density at radius 3 is 2.97 bits per heavy atom. The van der Waals surface area contributed by atoms with Crippen molar-refractivity contribution in [2.75, 3.05) is 6.54 Å². The maximum absolute atomic E-state index is 14.3. The number of halogens is 1. The number of carbonyl (C=O) groups is 1. The molecule has 1 aliphatic rings. The van der Waals surface area contributed by atoms with Gasteiger partial charge in [-0.15, -0.1) is 10.2 Å². The smallest absolute Gasteiger partial charge is 0.312 e. The molecule has 0 fully saturated rings. The van der Waals surface area contributed by atoms with E-state index in [1.54, 1.807) is 47.8 Å². The van der Waals surface area contributed by atoms with Crippen molar-refractivity contribution in [1.29, 1.82) is 0 Å². The first-order valence-corrected chi connectivity index (χ1v) is 10.3. The second-order valence-electron chi connectivity index (χ2n) is 7.72. The average Bonchev–Trinajstić information content (AvgIpc) is 3.57. The van der Waals surface area contributed by atoms with Gasteiger partial charge in [0.2, 0.25) is 11.8 Å². The van der Waals surface area contributed by atoms with Gasteiger partial charge in [0.05, 0.1) is 28.8 Å². The first kappa shape index (κ1) is 19.3. The summed E-state index contributed by atoms with van der Waals surface area (Å²) in [6.07, 6.45) is 3.82. The van der Waals surface area contributed by atoms with E-state index in [1.165, 1.54) is 10.6 Å². The molecule has 5 aromatic rings. The monoisotopic (exact) mass is 444 g/mol. The molecule has 5 aromatic heterocycles. The molecule has 6 heterocycles. The molecule has 1 unspecified atom stereocenters. The number of H-pyrrole nitrogens is 1. The molecule has 6 rings (SSSR count). The lowest BCUT2D eigenvalue weighted by molar-refractivity contribution is 0.0646. The van der Waals surface area contributed by atoms with Crippen molar-refractivity contribution in [3.63, 3.8) is 0 Å². The highest BCUT2D eigenvalue weighted by Crippen LogP contribution is 2.34. The van der Waals surface area contributed by atoms with Crippen LogP contribution in [-0.2, 0) is 6.42 Å². The van der Waals surface area contributed by atoms with Gasteiger partial charge in [-0.25, -0.2) is 9.50 Å². The van der Waals surface area contributed by atoms with Crippen LogP contribution in [-0.4, -0.2) is 52.1 Å². The maximum Gasteiger partial charge on any atom is 0.312 e. The van der Waals surface area contributed by atoms with Crippen LogP contribution in [0.25, 0.3) is 17.0 Å². The summed E-state index contributed by atoms with van der Waals surface area (Å²) >= 11 is 0. The van der Waals surface area contributed by atoms with Gasteiger partial charge >= 0.3 is 11.8 Å². The number of pyridine rings is 2. The van der Waals surface area contributed by atoms with Crippen LogP contribution in [0.4, 0.5) is 4.39 Å². The third kappa shape index (κ3) is 3.08. The van der Waals surface area contributed by atoms with Crippen molar-refractivity contribution >= 4 is 11.4 Å². The lowest BCUT2D eigenvalue weighted by Gasteiger charge is -2.32. The summed E-state index contributed by atoms with van der Waals surface area (Å²) in [7, 11) is 0. The van der Waals surface area contributed by atoms with Gasteiger partial charge < -0.3 is 14.3 Å². The molecule has 11 heteroatoms. The highest BCUT2D eigenvalue weighted by atomic mass is 19.1. The molecule has 0 spiro atoms. The topological polar surface area (TPSA) is 118 Å². The van der Waals surface area contributed by atoms with Crippen molar-refractivity contribution < 1.29 is 13.6 Å². The number of fused-ring (bicyclic) bond motifs is 2. The number of hydrogen-bond acceptors (Lipinski definition) is 7. The van der Waals surface area contributed by atoms with Crippen LogP contribution in [0.15, 0.2) is 53.3 Å². The Morgan fingerprint density at radius 2 is 2.12 bits per heavy atom. The van der Waals surface area contributed by atoms with Gasteiger partial charge in [-0.3, -0.25) is 9.78 Å². The number of imidazole rings is 1. The standard InChI is InChI=1S/C22H17FN8O2/c1-12-14(5-3-8-24-12)20-27-28-21(33-20)22(32)30-9-7-15-18(26-11-25-15)19(30)16-10-13-4-2-6-17(23)31(13)29-16/h2-6,8,10-11,19H,7,9H2,1H3,(H,25,26). The normalized spacial score (nSPS) is 15.7. The minimum absolute atomic E-state index is 0.146. The van der Waals surface area contributed by atoms with Crippen LogP contribution >= 0.6 is 0 Å². The van der Waals surface area contributed by atoms with Gasteiger partial charge in [-0.05, 0) is 37.3 Å². The number of carbonyl (C=O) groups excluding carboxylic acids is 1. The Kier molecular flexibility index (Phi) is 4.28. The van der Waals surface area contributed by atoms with Crippen molar-refractivity contribution in [1.82, 2.24) is 39.7 Å². The van der Waals surface area contributed by atoms with E-state index in [4.69, 9.17) is 4.42 Å². The highest BCUT2D eigenvalue weighted by molar-refractivity contribution is 5.90. The van der Waals surface area contributed by atoms with Crippen LogP contribution < -0.4 is 0 Å². The van der Waals surface area contributed by atoms with E-state index in [-0.39, 0.29) is 11.8 Å². The quantitative estimate of drug-likeness (QED) is 0.425. The molecule has 0 radical (unpaired) electrons. The first-order chi connectivity index (χ1) is 16.1. The summed E-state index contributed by atoms with van der Waals surface area (Å²) in [6, 6.07) is 9.36. The molecule has 0 bridgehead atoms. The summed E-state index contributed by atoms with van der Waals surface area (Å²) in [5.41, 5.74) is 3.99. The van der Waals surface area contributed by atoms with E-state index < -0.39 is 17.9 Å². The molecule has 164 valence electrons. The zero-order valence-corrected chi connectivity index (χ0v) is 17.4. The molecule has 0 aliphatic carbocycles. The van der Waals surface area contributed by atoms with Gasteiger partial charge in [-0.2, -0.15) is 9.49 Å². The number of aromatic amines is 1. The fraction of sp³-hybridized carbons (Fsp3) is 0.182. The van der Waals surface area contributed by atoms with E-state index in [1.807, 2.05) is 6.92 Å². The van der Waals surface area contributed by atoms with Gasteiger partial charge in [0.25, 0.3) is 0 Å². The molecule has 1 N–H and O–H groups in total. The Labute approximate surface area is 186 Å². The molecule has 10 nitrogen and oxygen atoms in total. The lowest BCUT2D eigenvalue weighted by Crippen LogP contribution is -2.41. The number of hydrogen-bond donors (Lipinski definition) is 1. The Hall–Kier alpha value is -4.41. The average molecular weight is 444 g/mol. The second-order valence-corrected chi connectivity index (χ2v) is 7.72. The predicted molar refractivity (Wildman–Crippen MR) is 113 cm³/mol. The molecule has 1 amide bonds. The van der Waals surface area contributed by atoms with Crippen molar-refractivity contribution in [2.45, 2.75) is 19.4 Å². The van der Waals surface area contributed by atoms with Crippen LogP contribution in [0.2, 0.25) is 0 Å². The zero-order chi connectivity index (χ0) is 22.5. The van der Waals surface area contributed by atoms with E-state index in [0.717, 1.165) is 5.69 Å². The fourth-order valence-electron chi connectivity index (χ4n) is 4.18. The zero-order valence-electron chi connectivity index (χ0n) is 17.4. The van der Waals surface area contributed by atoms with Crippen molar-refractivity contribution in [3.05, 3.63) is 83.5 Å². The van der Waals surface area contributed by atoms with Crippen LogP contribution in [0, 0.1) is 12.9 Å². The Morgan fingerprint density at radius 1 is 1.21 bits per heavy atom. The van der Waals surface area contributed by atoms with Gasteiger partial charge in [0.15, 0.2) is 0 Å². The largest absolute Gasteiger partial charge is 0.412 e. The molecule has 0 saturated heterocycles. The van der Waals surface area contributed by atoms with E-state index in [9.17, 15) is 9.18 Å². The molecule has 0 saturated carbocycles. The molecule has 1 aliphatic heterocycles. The van der Waals surface area contributed by atoms with Gasteiger partial charge in [0.1, 0.15) is 6.04 Å². The summed E-state index contributed by atoms with van der Waals surface area (Å²) < 4.78 is 21.2. The molecular formula is C22H17FN8O2. The molecule has 0 aromatic carbocycles. The number of nitrogens with one attached hydrogen (secondary N) is 1. The number of amides is 1. The Balaban J connectivity index is 1.41. The summed E-state index contributed by atoms with van der Waals surface area (Å²) in [4.78, 5) is 26.8. The highest BCUT2D eigenvalue weighted by Gasteiger charge is 2.38. The van der Waals surface area contributed by atoms with Gasteiger partial charge in [0, 0.05) is 30.6 Å². The SMILES string of the molecule is Cc1ncccc1-c1nnc(C(=O)N2CCc3[nH]cnc3C2c2cc3cccc(F)n3n2)o1. The van der Waals surface area contributed by atoms with Crippen LogP contribution in [0.5, 0.6) is 0 Å². The summed E-state index contributed by atoms with van der Waals surface area (Å²) in [5, 5.41) is 12.5. The number of aromatic nitrogens is 7. The summed E-state index contributed by atoms with van der Waals surface area (Å²) in [6.45, 7) is 2.20. The number of rotatable bonds is 3. The van der Waals surface area contributed by atoms with Crippen molar-refractivity contribution in [3.8, 4) is 11.5 Å². The maximum atomic E-state index is 14.3. The van der Waals surface area contributed by atoms with Gasteiger partial charge in [-0.1, -0.05) is 6.07 Å².